The lowest BCUT2D eigenvalue weighted by molar-refractivity contribution is -0.140. The molecule has 2 rings (SSSR count). The number of carbonyl (C=O) groups excluding carboxylic acids is 2. The zero-order valence-electron chi connectivity index (χ0n) is 20.8. The number of ether oxygens (including phenoxy) is 1. The minimum absolute atomic E-state index is 0.0594. The molecule has 0 radical (unpaired) electrons. The monoisotopic (exact) mass is 523 g/mol. The number of methoxy groups -OCH3 is 1. The van der Waals surface area contributed by atoms with Crippen LogP contribution in [0, 0.1) is 0 Å². The summed E-state index contributed by atoms with van der Waals surface area (Å²) < 4.78 is 31.4. The molecule has 0 aliphatic heterocycles. The summed E-state index contributed by atoms with van der Waals surface area (Å²) in [6, 6.07) is 12.5. The van der Waals surface area contributed by atoms with Crippen LogP contribution in [0.3, 0.4) is 0 Å². The van der Waals surface area contributed by atoms with Crippen molar-refractivity contribution in [3.8, 4) is 5.75 Å². The van der Waals surface area contributed by atoms with E-state index in [2.05, 4.69) is 5.32 Å². The van der Waals surface area contributed by atoms with Crippen molar-refractivity contribution in [2.45, 2.75) is 52.2 Å². The Morgan fingerprint density at radius 3 is 2.11 bits per heavy atom. The molecule has 0 unspecified atom stereocenters. The summed E-state index contributed by atoms with van der Waals surface area (Å²) in [7, 11) is -2.28. The molecular formula is C25H34ClN3O5S. The molecule has 8 nitrogen and oxygen atoms in total. The highest BCUT2D eigenvalue weighted by Gasteiger charge is 2.32. The molecule has 0 heterocycles. The lowest BCUT2D eigenvalue weighted by Crippen LogP contribution is -2.53. The van der Waals surface area contributed by atoms with Crippen molar-refractivity contribution in [2.75, 3.05) is 24.2 Å². The molecule has 0 aliphatic rings. The van der Waals surface area contributed by atoms with E-state index in [4.69, 9.17) is 16.3 Å². The molecule has 0 bridgehead atoms. The molecule has 2 amide bonds. The van der Waals surface area contributed by atoms with Gasteiger partial charge in [-0.3, -0.25) is 13.9 Å². The minimum Gasteiger partial charge on any atom is -0.497 e. The first kappa shape index (κ1) is 28.5. The van der Waals surface area contributed by atoms with Gasteiger partial charge in [-0.2, -0.15) is 0 Å². The van der Waals surface area contributed by atoms with Gasteiger partial charge in [-0.1, -0.05) is 37.6 Å². The Labute approximate surface area is 213 Å². The van der Waals surface area contributed by atoms with Gasteiger partial charge in [0.1, 0.15) is 18.3 Å². The molecule has 1 N–H and O–H groups in total. The fourth-order valence-corrected chi connectivity index (χ4v) is 4.48. The van der Waals surface area contributed by atoms with Crippen molar-refractivity contribution in [3.63, 3.8) is 0 Å². The maximum atomic E-state index is 13.6. The highest BCUT2D eigenvalue weighted by Crippen LogP contribution is 2.23. The van der Waals surface area contributed by atoms with Crippen LogP contribution in [0.15, 0.2) is 48.5 Å². The molecule has 0 saturated heterocycles. The van der Waals surface area contributed by atoms with Gasteiger partial charge in [0.05, 0.1) is 19.1 Å². The first-order valence-electron chi connectivity index (χ1n) is 11.5. The van der Waals surface area contributed by atoms with Gasteiger partial charge in [-0.25, -0.2) is 8.42 Å². The molecular weight excluding hydrogens is 490 g/mol. The Hall–Kier alpha value is -2.78. The van der Waals surface area contributed by atoms with Gasteiger partial charge in [-0.05, 0) is 61.7 Å². The van der Waals surface area contributed by atoms with Crippen LogP contribution in [0.25, 0.3) is 0 Å². The normalized spacial score (nSPS) is 13.0. The van der Waals surface area contributed by atoms with E-state index < -0.39 is 28.5 Å². The summed E-state index contributed by atoms with van der Waals surface area (Å²) in [4.78, 5) is 28.1. The Bertz CT molecular complexity index is 1090. The number of hydrogen-bond acceptors (Lipinski definition) is 5. The smallest absolute Gasteiger partial charge is 0.244 e. The highest BCUT2D eigenvalue weighted by molar-refractivity contribution is 7.92. The van der Waals surface area contributed by atoms with Gasteiger partial charge in [0, 0.05) is 17.6 Å². The fourth-order valence-electron chi connectivity index (χ4n) is 3.51. The second-order valence-corrected chi connectivity index (χ2v) is 10.7. The van der Waals surface area contributed by atoms with Crippen molar-refractivity contribution >= 4 is 39.1 Å². The second-order valence-electron chi connectivity index (χ2n) is 8.36. The van der Waals surface area contributed by atoms with Gasteiger partial charge in [0.2, 0.25) is 21.8 Å². The first-order chi connectivity index (χ1) is 16.5. The third-order valence-corrected chi connectivity index (χ3v) is 7.09. The number of nitrogens with zero attached hydrogens (tertiary/aromatic N) is 2. The third kappa shape index (κ3) is 8.14. The lowest BCUT2D eigenvalue weighted by Gasteiger charge is -2.33. The van der Waals surface area contributed by atoms with Gasteiger partial charge in [-0.15, -0.1) is 0 Å². The summed E-state index contributed by atoms with van der Waals surface area (Å²) in [5.41, 5.74) is 1.10. The van der Waals surface area contributed by atoms with Crippen LogP contribution in [0.1, 0.15) is 39.2 Å². The lowest BCUT2D eigenvalue weighted by atomic mass is 10.1. The zero-order valence-corrected chi connectivity index (χ0v) is 22.4. The van der Waals surface area contributed by atoms with E-state index >= 15 is 0 Å². The first-order valence-corrected chi connectivity index (χ1v) is 13.7. The Kier molecular flexibility index (Phi) is 10.4. The number of carbonyl (C=O) groups is 2. The van der Waals surface area contributed by atoms with Crippen molar-refractivity contribution in [3.05, 3.63) is 59.1 Å². The number of benzene rings is 2. The maximum absolute atomic E-state index is 13.6. The predicted octanol–water partition coefficient (Wildman–Crippen LogP) is 3.84. The molecule has 2 aromatic rings. The summed E-state index contributed by atoms with van der Waals surface area (Å²) in [6.07, 6.45) is 2.15. The van der Waals surface area contributed by atoms with E-state index in [1.165, 1.54) is 12.0 Å². The fraction of sp³-hybridized carbons (Fsp3) is 0.440. The Morgan fingerprint density at radius 2 is 1.63 bits per heavy atom. The van der Waals surface area contributed by atoms with E-state index in [0.717, 1.165) is 22.5 Å². The van der Waals surface area contributed by atoms with Crippen LogP contribution in [0.5, 0.6) is 5.75 Å². The molecule has 2 atom stereocenters. The standard InChI is InChI=1S/C25H34ClN3O5S/c1-6-18(3)27-25(31)23(7-2)28(16-19-8-10-20(26)11-9-19)24(30)17-29(35(5,32)33)21-12-14-22(34-4)15-13-21/h8-15,18,23H,6-7,16-17H2,1-5H3,(H,27,31)/t18-,23-/m0/s1. The topological polar surface area (TPSA) is 96.0 Å². The van der Waals surface area contributed by atoms with Crippen molar-refractivity contribution in [2.24, 2.45) is 0 Å². The van der Waals surface area contributed by atoms with Crippen LogP contribution >= 0.6 is 11.6 Å². The van der Waals surface area contributed by atoms with Crippen molar-refractivity contribution in [1.29, 1.82) is 0 Å². The number of hydrogen-bond donors (Lipinski definition) is 1. The van der Waals surface area contributed by atoms with Crippen LogP contribution < -0.4 is 14.4 Å². The van der Waals surface area contributed by atoms with E-state index in [9.17, 15) is 18.0 Å². The van der Waals surface area contributed by atoms with Crippen molar-refractivity contribution < 1.29 is 22.7 Å². The molecule has 35 heavy (non-hydrogen) atoms. The van der Waals surface area contributed by atoms with E-state index in [1.807, 2.05) is 20.8 Å². The average molecular weight is 524 g/mol. The van der Waals surface area contributed by atoms with Crippen LogP contribution in [-0.2, 0) is 26.2 Å². The van der Waals surface area contributed by atoms with E-state index in [-0.39, 0.29) is 18.5 Å². The van der Waals surface area contributed by atoms with Gasteiger partial charge in [0.15, 0.2) is 0 Å². The largest absolute Gasteiger partial charge is 0.497 e. The number of amides is 2. The molecule has 10 heteroatoms. The van der Waals surface area contributed by atoms with Crippen LogP contribution in [0.2, 0.25) is 5.02 Å². The number of rotatable bonds is 12. The predicted molar refractivity (Wildman–Crippen MR) is 139 cm³/mol. The SMILES string of the molecule is CC[C@H](C)NC(=O)[C@H](CC)N(Cc1ccc(Cl)cc1)C(=O)CN(c1ccc(OC)cc1)S(C)(=O)=O. The zero-order chi connectivity index (χ0) is 26.2. The highest BCUT2D eigenvalue weighted by atomic mass is 35.5. The number of nitrogens with one attached hydrogen (secondary N) is 1. The van der Waals surface area contributed by atoms with Crippen molar-refractivity contribution in [1.82, 2.24) is 10.2 Å². The molecule has 2 aromatic carbocycles. The Balaban J connectivity index is 2.42. The second kappa shape index (κ2) is 12.8. The maximum Gasteiger partial charge on any atom is 0.244 e. The summed E-state index contributed by atoms with van der Waals surface area (Å²) in [6.45, 7) is 5.35. The third-order valence-electron chi connectivity index (χ3n) is 5.69. The minimum atomic E-state index is -3.79. The summed E-state index contributed by atoms with van der Waals surface area (Å²) in [5, 5.41) is 3.49. The van der Waals surface area contributed by atoms with Gasteiger partial charge >= 0.3 is 0 Å². The molecule has 0 aromatic heterocycles. The number of sulfonamides is 1. The Morgan fingerprint density at radius 1 is 1.03 bits per heavy atom. The molecule has 0 fully saturated rings. The quantitative estimate of drug-likeness (QED) is 0.456. The number of halogens is 1. The summed E-state index contributed by atoms with van der Waals surface area (Å²) >= 11 is 6.01. The summed E-state index contributed by atoms with van der Waals surface area (Å²) in [5.74, 6) is -0.211. The van der Waals surface area contributed by atoms with E-state index in [0.29, 0.717) is 22.9 Å². The molecule has 0 spiro atoms. The average Bonchev–Trinajstić information content (AvgIpc) is 2.82. The van der Waals surface area contributed by atoms with Gasteiger partial charge in [0.25, 0.3) is 0 Å². The number of anilines is 1. The van der Waals surface area contributed by atoms with E-state index in [1.54, 1.807) is 48.5 Å². The van der Waals surface area contributed by atoms with Crippen LogP contribution in [-0.4, -0.2) is 57.1 Å². The molecule has 192 valence electrons. The molecule has 0 aliphatic carbocycles. The molecule has 0 saturated carbocycles. The van der Waals surface area contributed by atoms with Gasteiger partial charge < -0.3 is 15.0 Å². The van der Waals surface area contributed by atoms with Crippen LogP contribution in [0.4, 0.5) is 5.69 Å².